The Bertz CT molecular complexity index is 1180. The lowest BCUT2D eigenvalue weighted by Crippen LogP contribution is -2.39. The number of fused-ring (bicyclic) bond motifs is 1. The minimum atomic E-state index is 0.793. The quantitative estimate of drug-likeness (QED) is 0.500. The van der Waals surface area contributed by atoms with Gasteiger partial charge in [0.15, 0.2) is 0 Å². The Balaban J connectivity index is 1.42. The van der Waals surface area contributed by atoms with Crippen molar-refractivity contribution in [2.24, 2.45) is 0 Å². The Morgan fingerprint density at radius 2 is 1.97 bits per heavy atom. The number of aryl methyl sites for hydroxylation is 1. The third-order valence-electron chi connectivity index (χ3n) is 5.48. The Kier molecular flexibility index (Phi) is 5.56. The molecule has 1 aliphatic rings. The lowest BCUT2D eigenvalue weighted by atomic mass is 10.1. The lowest BCUT2D eigenvalue weighted by Gasteiger charge is -2.26. The molecule has 0 atom stereocenters. The first-order valence-electron chi connectivity index (χ1n) is 10.6. The molecule has 1 fully saturated rings. The number of aromatic nitrogens is 5. The van der Waals surface area contributed by atoms with Crippen LogP contribution in [0.25, 0.3) is 33.7 Å². The van der Waals surface area contributed by atoms with Crippen molar-refractivity contribution in [3.63, 3.8) is 0 Å². The van der Waals surface area contributed by atoms with E-state index in [0.29, 0.717) is 0 Å². The van der Waals surface area contributed by atoms with Gasteiger partial charge in [0, 0.05) is 49.8 Å². The van der Waals surface area contributed by atoms with Crippen LogP contribution in [-0.4, -0.2) is 69.4 Å². The first-order valence-corrected chi connectivity index (χ1v) is 10.6. The summed E-state index contributed by atoms with van der Waals surface area (Å²) in [7, 11) is 0. The fourth-order valence-corrected chi connectivity index (χ4v) is 3.85. The normalized spacial score (nSPS) is 14.7. The zero-order valence-corrected chi connectivity index (χ0v) is 17.5. The molecule has 5 rings (SSSR count). The van der Waals surface area contributed by atoms with Crippen LogP contribution in [0.4, 0.5) is 5.69 Å². The number of H-pyrrole nitrogens is 1. The standard InChI is InChI=1S/C23H25N7O/c1-16-3-2-4-21(27-16)22-17(15-26-29-22)18-5-6-19-23(28-18)20(7-8-24-19)25-9-10-30-11-13-31-14-12-30/h2-8,15H,9-14H2,1H3,(H,24,25)(H,26,29). The predicted octanol–water partition coefficient (Wildman–Crippen LogP) is 3.13. The maximum Gasteiger partial charge on any atom is 0.120 e. The molecule has 0 amide bonds. The zero-order chi connectivity index (χ0) is 21.0. The largest absolute Gasteiger partial charge is 0.382 e. The van der Waals surface area contributed by atoms with Crippen molar-refractivity contribution in [3.8, 4) is 22.6 Å². The van der Waals surface area contributed by atoms with E-state index >= 15 is 0 Å². The topological polar surface area (TPSA) is 91.9 Å². The van der Waals surface area contributed by atoms with E-state index in [4.69, 9.17) is 9.72 Å². The number of morpholine rings is 1. The summed E-state index contributed by atoms with van der Waals surface area (Å²) < 4.78 is 5.43. The van der Waals surface area contributed by atoms with E-state index in [1.807, 2.05) is 55.7 Å². The molecule has 158 valence electrons. The van der Waals surface area contributed by atoms with Crippen LogP contribution in [-0.2, 0) is 4.74 Å². The first-order chi connectivity index (χ1) is 15.3. The number of ether oxygens (including phenoxy) is 1. The third-order valence-corrected chi connectivity index (χ3v) is 5.48. The molecular weight excluding hydrogens is 390 g/mol. The van der Waals surface area contributed by atoms with Crippen molar-refractivity contribution >= 4 is 16.7 Å². The van der Waals surface area contributed by atoms with Gasteiger partial charge in [-0.3, -0.25) is 20.0 Å². The average molecular weight is 416 g/mol. The maximum absolute atomic E-state index is 5.43. The van der Waals surface area contributed by atoms with Gasteiger partial charge in [0.2, 0.25) is 0 Å². The summed E-state index contributed by atoms with van der Waals surface area (Å²) in [5, 5.41) is 10.9. The summed E-state index contributed by atoms with van der Waals surface area (Å²) in [4.78, 5) is 16.5. The van der Waals surface area contributed by atoms with Crippen LogP contribution < -0.4 is 5.32 Å². The molecule has 4 aromatic rings. The van der Waals surface area contributed by atoms with E-state index in [0.717, 1.165) is 84.5 Å². The van der Waals surface area contributed by atoms with E-state index in [-0.39, 0.29) is 0 Å². The highest BCUT2D eigenvalue weighted by Crippen LogP contribution is 2.30. The Morgan fingerprint density at radius 1 is 1.06 bits per heavy atom. The van der Waals surface area contributed by atoms with Crippen LogP contribution in [0.15, 0.2) is 48.8 Å². The van der Waals surface area contributed by atoms with E-state index < -0.39 is 0 Å². The number of anilines is 1. The molecule has 0 aromatic carbocycles. The number of rotatable bonds is 6. The van der Waals surface area contributed by atoms with Gasteiger partial charge in [0.05, 0.1) is 35.8 Å². The molecule has 0 saturated carbocycles. The summed E-state index contributed by atoms with van der Waals surface area (Å²) in [6, 6.07) is 11.9. The van der Waals surface area contributed by atoms with Crippen LogP contribution >= 0.6 is 0 Å². The molecule has 0 bridgehead atoms. The van der Waals surface area contributed by atoms with Crippen molar-refractivity contribution in [1.29, 1.82) is 0 Å². The third kappa shape index (κ3) is 4.26. The fourth-order valence-electron chi connectivity index (χ4n) is 3.85. The first kappa shape index (κ1) is 19.6. The van der Waals surface area contributed by atoms with Crippen molar-refractivity contribution in [2.45, 2.75) is 6.92 Å². The Morgan fingerprint density at radius 3 is 2.84 bits per heavy atom. The second kappa shape index (κ2) is 8.79. The van der Waals surface area contributed by atoms with Gasteiger partial charge >= 0.3 is 0 Å². The summed E-state index contributed by atoms with van der Waals surface area (Å²) in [5.74, 6) is 0. The van der Waals surface area contributed by atoms with Crippen LogP contribution in [0.1, 0.15) is 5.69 Å². The highest BCUT2D eigenvalue weighted by Gasteiger charge is 2.15. The monoisotopic (exact) mass is 415 g/mol. The highest BCUT2D eigenvalue weighted by molar-refractivity contribution is 5.90. The van der Waals surface area contributed by atoms with E-state index in [1.54, 1.807) is 0 Å². The van der Waals surface area contributed by atoms with Crippen LogP contribution in [0.5, 0.6) is 0 Å². The number of aromatic amines is 1. The Labute approximate surface area is 180 Å². The molecule has 1 saturated heterocycles. The summed E-state index contributed by atoms with van der Waals surface area (Å²) in [5.41, 5.74) is 7.03. The minimum Gasteiger partial charge on any atom is -0.382 e. The van der Waals surface area contributed by atoms with Crippen molar-refractivity contribution < 1.29 is 4.74 Å². The van der Waals surface area contributed by atoms with E-state index in [2.05, 4.69) is 30.4 Å². The lowest BCUT2D eigenvalue weighted by molar-refractivity contribution is 0.0398. The Hall–Kier alpha value is -3.36. The minimum absolute atomic E-state index is 0.793. The molecule has 0 spiro atoms. The summed E-state index contributed by atoms with van der Waals surface area (Å²) >= 11 is 0. The van der Waals surface area contributed by atoms with E-state index in [9.17, 15) is 0 Å². The van der Waals surface area contributed by atoms with Crippen LogP contribution in [0.2, 0.25) is 0 Å². The number of nitrogens with one attached hydrogen (secondary N) is 2. The molecule has 8 heteroatoms. The highest BCUT2D eigenvalue weighted by atomic mass is 16.5. The molecule has 2 N–H and O–H groups in total. The van der Waals surface area contributed by atoms with Crippen molar-refractivity contribution in [2.75, 3.05) is 44.7 Å². The molecule has 4 aromatic heterocycles. The van der Waals surface area contributed by atoms with Gasteiger partial charge in [0.1, 0.15) is 11.2 Å². The van der Waals surface area contributed by atoms with E-state index in [1.165, 1.54) is 0 Å². The van der Waals surface area contributed by atoms with Gasteiger partial charge in [-0.25, -0.2) is 4.98 Å². The number of pyridine rings is 3. The van der Waals surface area contributed by atoms with Gasteiger partial charge in [-0.05, 0) is 37.3 Å². The van der Waals surface area contributed by atoms with Gasteiger partial charge in [-0.1, -0.05) is 6.07 Å². The molecule has 1 aliphatic heterocycles. The van der Waals surface area contributed by atoms with Gasteiger partial charge in [-0.15, -0.1) is 0 Å². The fraction of sp³-hybridized carbons (Fsp3) is 0.304. The number of hydrogen-bond acceptors (Lipinski definition) is 7. The van der Waals surface area contributed by atoms with Crippen molar-refractivity contribution in [3.05, 3.63) is 54.5 Å². The summed E-state index contributed by atoms with van der Waals surface area (Å²) in [6.45, 7) is 7.38. The van der Waals surface area contributed by atoms with Crippen LogP contribution in [0, 0.1) is 6.92 Å². The maximum atomic E-state index is 5.43. The number of nitrogens with zero attached hydrogens (tertiary/aromatic N) is 5. The molecule has 5 heterocycles. The smallest absolute Gasteiger partial charge is 0.120 e. The number of hydrogen-bond donors (Lipinski definition) is 2. The summed E-state index contributed by atoms with van der Waals surface area (Å²) in [6.07, 6.45) is 3.69. The van der Waals surface area contributed by atoms with Gasteiger partial charge < -0.3 is 10.1 Å². The molecule has 0 aliphatic carbocycles. The SMILES string of the molecule is Cc1cccc(-c2n[nH]cc2-c2ccc3nccc(NCCN4CCOCC4)c3n2)n1. The zero-order valence-electron chi connectivity index (χ0n) is 17.5. The molecule has 0 radical (unpaired) electrons. The van der Waals surface area contributed by atoms with Crippen LogP contribution in [0.3, 0.4) is 0 Å². The predicted molar refractivity (Wildman–Crippen MR) is 121 cm³/mol. The van der Waals surface area contributed by atoms with Gasteiger partial charge in [0.25, 0.3) is 0 Å². The average Bonchev–Trinajstić information content (AvgIpc) is 3.30. The molecule has 8 nitrogen and oxygen atoms in total. The second-order valence-corrected chi connectivity index (χ2v) is 7.62. The second-order valence-electron chi connectivity index (χ2n) is 7.62. The molecular formula is C23H25N7O. The van der Waals surface area contributed by atoms with Gasteiger partial charge in [-0.2, -0.15) is 5.10 Å². The van der Waals surface area contributed by atoms with Crippen molar-refractivity contribution in [1.82, 2.24) is 30.0 Å². The molecule has 0 unspecified atom stereocenters. The molecule has 31 heavy (non-hydrogen) atoms.